The zero-order valence-electron chi connectivity index (χ0n) is 10.3. The number of rotatable bonds is 2. The molecule has 0 fully saturated rings. The Morgan fingerprint density at radius 3 is 2.95 bits per heavy atom. The van der Waals surface area contributed by atoms with Crippen molar-refractivity contribution < 1.29 is 14.4 Å². The molecule has 96 valence electrons. The van der Waals surface area contributed by atoms with Gasteiger partial charge in [-0.2, -0.15) is 0 Å². The van der Waals surface area contributed by atoms with Crippen LogP contribution in [0.15, 0.2) is 35.1 Å². The standard InChI is InChI=1S/C14H12N2O3/c1-10-9-12(5-4-11(10)3-2-7-17)15-14(18)13-6-8-19-16-13/h4-6,8-9,17H,7H2,1H3,(H,15,18). The maximum atomic E-state index is 11.7. The van der Waals surface area contributed by atoms with Crippen molar-refractivity contribution in [3.63, 3.8) is 0 Å². The lowest BCUT2D eigenvalue weighted by Crippen LogP contribution is -2.12. The first-order chi connectivity index (χ1) is 9.20. The predicted molar refractivity (Wildman–Crippen MR) is 69.6 cm³/mol. The van der Waals surface area contributed by atoms with Crippen LogP contribution in [0.5, 0.6) is 0 Å². The third-order valence-corrected chi connectivity index (χ3v) is 2.46. The zero-order chi connectivity index (χ0) is 13.7. The van der Waals surface area contributed by atoms with Crippen LogP contribution in [0.1, 0.15) is 21.6 Å². The van der Waals surface area contributed by atoms with Gasteiger partial charge in [-0.25, -0.2) is 0 Å². The number of carbonyl (C=O) groups is 1. The Labute approximate surface area is 110 Å². The van der Waals surface area contributed by atoms with Gasteiger partial charge in [0.15, 0.2) is 5.69 Å². The average Bonchev–Trinajstić information content (AvgIpc) is 2.92. The van der Waals surface area contributed by atoms with Crippen molar-refractivity contribution in [1.29, 1.82) is 0 Å². The normalized spacial score (nSPS) is 9.58. The third-order valence-electron chi connectivity index (χ3n) is 2.46. The Balaban J connectivity index is 2.14. The Morgan fingerprint density at radius 2 is 2.32 bits per heavy atom. The zero-order valence-corrected chi connectivity index (χ0v) is 10.3. The molecule has 0 aliphatic heterocycles. The maximum Gasteiger partial charge on any atom is 0.277 e. The molecule has 2 N–H and O–H groups in total. The van der Waals surface area contributed by atoms with Gasteiger partial charge >= 0.3 is 0 Å². The van der Waals surface area contributed by atoms with Crippen LogP contribution in [-0.4, -0.2) is 22.8 Å². The largest absolute Gasteiger partial charge is 0.384 e. The molecule has 1 amide bonds. The van der Waals surface area contributed by atoms with E-state index in [-0.39, 0.29) is 18.2 Å². The molecule has 0 saturated heterocycles. The summed E-state index contributed by atoms with van der Waals surface area (Å²) in [6, 6.07) is 6.82. The summed E-state index contributed by atoms with van der Waals surface area (Å²) >= 11 is 0. The number of aryl methyl sites for hydroxylation is 1. The number of amides is 1. The number of aliphatic hydroxyl groups is 1. The average molecular weight is 256 g/mol. The summed E-state index contributed by atoms with van der Waals surface area (Å²) in [6.07, 6.45) is 1.34. The topological polar surface area (TPSA) is 75.4 Å². The molecule has 2 rings (SSSR count). The van der Waals surface area contributed by atoms with Crippen molar-refractivity contribution in [3.05, 3.63) is 47.3 Å². The Bertz CT molecular complexity index is 636. The number of nitrogens with one attached hydrogen (secondary N) is 1. The van der Waals surface area contributed by atoms with Gasteiger partial charge in [0.25, 0.3) is 5.91 Å². The number of benzene rings is 1. The van der Waals surface area contributed by atoms with Crippen LogP contribution < -0.4 is 5.32 Å². The number of anilines is 1. The first kappa shape index (κ1) is 12.9. The molecule has 1 aromatic carbocycles. The van der Waals surface area contributed by atoms with Crippen LogP contribution in [0, 0.1) is 18.8 Å². The molecule has 0 spiro atoms. The number of hydrogen-bond acceptors (Lipinski definition) is 4. The van der Waals surface area contributed by atoms with Crippen LogP contribution in [0.25, 0.3) is 0 Å². The van der Waals surface area contributed by atoms with Crippen LogP contribution in [0.3, 0.4) is 0 Å². The molecule has 0 aliphatic carbocycles. The molecule has 1 heterocycles. The molecular formula is C14H12N2O3. The molecule has 0 aliphatic rings. The molecule has 0 unspecified atom stereocenters. The van der Waals surface area contributed by atoms with Crippen molar-refractivity contribution in [2.24, 2.45) is 0 Å². The molecule has 0 bridgehead atoms. The first-order valence-electron chi connectivity index (χ1n) is 5.63. The highest BCUT2D eigenvalue weighted by Crippen LogP contribution is 2.15. The Kier molecular flexibility index (Phi) is 3.96. The van der Waals surface area contributed by atoms with Gasteiger partial charge in [0, 0.05) is 17.3 Å². The summed E-state index contributed by atoms with van der Waals surface area (Å²) in [4.78, 5) is 11.7. The summed E-state index contributed by atoms with van der Waals surface area (Å²) in [5, 5.41) is 14.9. The summed E-state index contributed by atoms with van der Waals surface area (Å²) < 4.78 is 4.61. The van der Waals surface area contributed by atoms with E-state index in [0.717, 1.165) is 11.1 Å². The van der Waals surface area contributed by atoms with Crippen LogP contribution in [-0.2, 0) is 0 Å². The second kappa shape index (κ2) is 5.85. The molecule has 19 heavy (non-hydrogen) atoms. The van der Waals surface area contributed by atoms with E-state index in [9.17, 15) is 4.79 Å². The minimum absolute atomic E-state index is 0.177. The van der Waals surface area contributed by atoms with Gasteiger partial charge in [0.1, 0.15) is 12.9 Å². The molecular weight excluding hydrogens is 244 g/mol. The fraction of sp³-hybridized carbons (Fsp3) is 0.143. The highest BCUT2D eigenvalue weighted by Gasteiger charge is 2.09. The van der Waals surface area contributed by atoms with E-state index < -0.39 is 0 Å². The highest BCUT2D eigenvalue weighted by atomic mass is 16.5. The van der Waals surface area contributed by atoms with Gasteiger partial charge in [0.05, 0.1) is 0 Å². The number of aliphatic hydroxyl groups excluding tert-OH is 1. The van der Waals surface area contributed by atoms with Gasteiger partial charge in [-0.1, -0.05) is 17.0 Å². The molecule has 2 aromatic rings. The molecule has 1 aromatic heterocycles. The second-order valence-corrected chi connectivity index (χ2v) is 3.83. The summed E-state index contributed by atoms with van der Waals surface area (Å²) in [5.41, 5.74) is 2.61. The van der Waals surface area contributed by atoms with Crippen molar-refractivity contribution in [2.45, 2.75) is 6.92 Å². The van der Waals surface area contributed by atoms with Gasteiger partial charge in [-0.15, -0.1) is 0 Å². The van der Waals surface area contributed by atoms with Gasteiger partial charge in [0.2, 0.25) is 0 Å². The lowest BCUT2D eigenvalue weighted by atomic mass is 10.1. The van der Waals surface area contributed by atoms with Gasteiger partial charge < -0.3 is 14.9 Å². The van der Waals surface area contributed by atoms with Crippen molar-refractivity contribution in [1.82, 2.24) is 5.16 Å². The number of hydrogen-bond donors (Lipinski definition) is 2. The summed E-state index contributed by atoms with van der Waals surface area (Å²) in [6.45, 7) is 1.71. The number of nitrogens with zero attached hydrogens (tertiary/aromatic N) is 1. The van der Waals surface area contributed by atoms with Crippen LogP contribution in [0.4, 0.5) is 5.69 Å². The van der Waals surface area contributed by atoms with E-state index in [0.29, 0.717) is 5.69 Å². The quantitative estimate of drug-likeness (QED) is 0.800. The third kappa shape index (κ3) is 3.21. The minimum atomic E-state index is -0.331. The van der Waals surface area contributed by atoms with Crippen LogP contribution in [0.2, 0.25) is 0 Å². The lowest BCUT2D eigenvalue weighted by Gasteiger charge is -2.05. The fourth-order valence-electron chi connectivity index (χ4n) is 1.54. The summed E-state index contributed by atoms with van der Waals surface area (Å²) in [7, 11) is 0. The highest BCUT2D eigenvalue weighted by molar-refractivity contribution is 6.02. The smallest absolute Gasteiger partial charge is 0.277 e. The molecule has 5 nitrogen and oxygen atoms in total. The van der Waals surface area contributed by atoms with Crippen molar-refractivity contribution in [2.75, 3.05) is 11.9 Å². The monoisotopic (exact) mass is 256 g/mol. The van der Waals surface area contributed by atoms with E-state index >= 15 is 0 Å². The lowest BCUT2D eigenvalue weighted by molar-refractivity contribution is 0.101. The first-order valence-corrected chi connectivity index (χ1v) is 5.63. The van der Waals surface area contributed by atoms with Crippen LogP contribution >= 0.6 is 0 Å². The number of carbonyl (C=O) groups excluding carboxylic acids is 1. The predicted octanol–water partition coefficient (Wildman–Crippen LogP) is 1.58. The molecule has 0 saturated carbocycles. The molecule has 0 atom stereocenters. The van der Waals surface area contributed by atoms with Crippen molar-refractivity contribution >= 4 is 11.6 Å². The number of aromatic nitrogens is 1. The van der Waals surface area contributed by atoms with Crippen molar-refractivity contribution in [3.8, 4) is 11.8 Å². The van der Waals surface area contributed by atoms with Gasteiger partial charge in [-0.05, 0) is 30.7 Å². The SMILES string of the molecule is Cc1cc(NC(=O)c2ccon2)ccc1C#CCO. The Morgan fingerprint density at radius 1 is 1.47 bits per heavy atom. The second-order valence-electron chi connectivity index (χ2n) is 3.83. The van der Waals surface area contributed by atoms with Gasteiger partial charge in [-0.3, -0.25) is 4.79 Å². The minimum Gasteiger partial charge on any atom is -0.384 e. The van der Waals surface area contributed by atoms with E-state index in [1.165, 1.54) is 12.3 Å². The maximum absolute atomic E-state index is 11.7. The van der Waals surface area contributed by atoms with E-state index in [4.69, 9.17) is 5.11 Å². The van der Waals surface area contributed by atoms with E-state index in [1.54, 1.807) is 18.2 Å². The fourth-order valence-corrected chi connectivity index (χ4v) is 1.54. The molecule has 0 radical (unpaired) electrons. The van der Waals surface area contributed by atoms with E-state index in [1.807, 2.05) is 6.92 Å². The Hall–Kier alpha value is -2.58. The summed E-state index contributed by atoms with van der Waals surface area (Å²) in [5.74, 6) is 5.08. The molecule has 5 heteroatoms. The van der Waals surface area contributed by atoms with E-state index in [2.05, 4.69) is 26.8 Å².